The molecule has 1 saturated carbocycles. The summed E-state index contributed by atoms with van der Waals surface area (Å²) in [6.07, 6.45) is 6.72. The Labute approximate surface area is 104 Å². The maximum atomic E-state index is 9.29. The van der Waals surface area contributed by atoms with Gasteiger partial charge in [0.25, 0.3) is 0 Å². The zero-order valence-electron chi connectivity index (χ0n) is 10.7. The first-order valence-corrected chi connectivity index (χ1v) is 6.72. The lowest BCUT2D eigenvalue weighted by Crippen LogP contribution is -2.26. The molecule has 0 aromatic heterocycles. The van der Waals surface area contributed by atoms with E-state index in [-0.39, 0.29) is 0 Å². The zero-order valence-corrected chi connectivity index (χ0v) is 10.7. The van der Waals surface area contributed by atoms with Crippen LogP contribution in [0.3, 0.4) is 0 Å². The predicted octanol–water partition coefficient (Wildman–Crippen LogP) is 2.96. The summed E-state index contributed by atoms with van der Waals surface area (Å²) in [7, 11) is 2.04. The minimum atomic E-state index is 0.361. The molecule has 2 rings (SSSR count). The van der Waals surface area contributed by atoms with E-state index < -0.39 is 0 Å². The fourth-order valence-corrected chi connectivity index (χ4v) is 3.03. The summed E-state index contributed by atoms with van der Waals surface area (Å²) in [5.74, 6) is 1.99. The highest BCUT2D eigenvalue weighted by Crippen LogP contribution is 2.33. The van der Waals surface area contributed by atoms with Crippen molar-refractivity contribution in [1.29, 1.82) is 0 Å². The molecule has 2 nitrogen and oxygen atoms in total. The molecule has 1 aromatic carbocycles. The molecule has 2 heteroatoms. The summed E-state index contributed by atoms with van der Waals surface area (Å²) in [6, 6.07) is 7.68. The highest BCUT2D eigenvalue weighted by Gasteiger charge is 2.24. The van der Waals surface area contributed by atoms with Gasteiger partial charge in [0, 0.05) is 0 Å². The van der Waals surface area contributed by atoms with Gasteiger partial charge in [0.1, 0.15) is 5.75 Å². The van der Waals surface area contributed by atoms with Crippen molar-refractivity contribution < 1.29 is 5.11 Å². The number of benzene rings is 1. The molecule has 0 bridgehead atoms. The fourth-order valence-electron chi connectivity index (χ4n) is 3.03. The Morgan fingerprint density at radius 3 is 2.47 bits per heavy atom. The van der Waals surface area contributed by atoms with Crippen LogP contribution < -0.4 is 5.32 Å². The number of hydrogen-bond donors (Lipinski definition) is 2. The van der Waals surface area contributed by atoms with Gasteiger partial charge in [0.15, 0.2) is 0 Å². The van der Waals surface area contributed by atoms with Gasteiger partial charge in [-0.2, -0.15) is 0 Å². The second kappa shape index (κ2) is 6.06. The lowest BCUT2D eigenvalue weighted by Gasteiger charge is -2.23. The van der Waals surface area contributed by atoms with Crippen LogP contribution in [0.4, 0.5) is 0 Å². The maximum Gasteiger partial charge on any atom is 0.115 e. The summed E-state index contributed by atoms with van der Waals surface area (Å²) >= 11 is 0. The number of nitrogens with one attached hydrogen (secondary N) is 1. The summed E-state index contributed by atoms with van der Waals surface area (Å²) in [6.45, 7) is 1.10. The summed E-state index contributed by atoms with van der Waals surface area (Å²) in [5.41, 5.74) is 1.34. The quantitative estimate of drug-likeness (QED) is 0.819. The lowest BCUT2D eigenvalue weighted by atomic mass is 9.85. The van der Waals surface area contributed by atoms with Gasteiger partial charge < -0.3 is 10.4 Å². The molecule has 17 heavy (non-hydrogen) atoms. The first-order valence-electron chi connectivity index (χ1n) is 6.72. The van der Waals surface area contributed by atoms with E-state index >= 15 is 0 Å². The molecule has 1 atom stereocenters. The fraction of sp³-hybridized carbons (Fsp3) is 0.600. The third-order valence-corrected chi connectivity index (χ3v) is 3.97. The topological polar surface area (TPSA) is 32.3 Å². The third kappa shape index (κ3) is 3.47. The molecule has 2 N–H and O–H groups in total. The van der Waals surface area contributed by atoms with E-state index in [0.717, 1.165) is 24.8 Å². The monoisotopic (exact) mass is 233 g/mol. The third-order valence-electron chi connectivity index (χ3n) is 3.97. The first-order chi connectivity index (χ1) is 8.29. The van der Waals surface area contributed by atoms with Crippen molar-refractivity contribution in [3.63, 3.8) is 0 Å². The first kappa shape index (κ1) is 12.4. The van der Waals surface area contributed by atoms with Crippen molar-refractivity contribution in [2.24, 2.45) is 11.8 Å². The van der Waals surface area contributed by atoms with Gasteiger partial charge in [-0.15, -0.1) is 0 Å². The van der Waals surface area contributed by atoms with Gasteiger partial charge >= 0.3 is 0 Å². The number of hydrogen-bond acceptors (Lipinski definition) is 2. The van der Waals surface area contributed by atoms with Crippen LogP contribution in [0.5, 0.6) is 5.75 Å². The zero-order chi connectivity index (χ0) is 12.1. The van der Waals surface area contributed by atoms with Gasteiger partial charge in [0.2, 0.25) is 0 Å². The van der Waals surface area contributed by atoms with Crippen molar-refractivity contribution in [1.82, 2.24) is 5.32 Å². The van der Waals surface area contributed by atoms with Crippen LogP contribution in [-0.2, 0) is 6.42 Å². The van der Waals surface area contributed by atoms with E-state index in [4.69, 9.17) is 0 Å². The normalized spacial score (nSPS) is 18.4. The van der Waals surface area contributed by atoms with E-state index in [2.05, 4.69) is 5.32 Å². The molecule has 1 unspecified atom stereocenters. The second-order valence-corrected chi connectivity index (χ2v) is 5.23. The molecule has 1 aliphatic carbocycles. The van der Waals surface area contributed by atoms with E-state index in [1.807, 2.05) is 19.2 Å². The molecule has 1 aromatic rings. The highest BCUT2D eigenvalue weighted by atomic mass is 16.3. The molecule has 0 heterocycles. The SMILES string of the molecule is CNCC(Cc1ccc(O)cc1)C1CCCC1. The van der Waals surface area contributed by atoms with Gasteiger partial charge in [0.05, 0.1) is 0 Å². The van der Waals surface area contributed by atoms with Crippen molar-refractivity contribution in [3.8, 4) is 5.75 Å². The molecule has 0 radical (unpaired) electrons. The van der Waals surface area contributed by atoms with E-state index in [1.165, 1.54) is 31.2 Å². The van der Waals surface area contributed by atoms with Crippen LogP contribution in [0.2, 0.25) is 0 Å². The predicted molar refractivity (Wildman–Crippen MR) is 71.2 cm³/mol. The van der Waals surface area contributed by atoms with Crippen molar-refractivity contribution >= 4 is 0 Å². The van der Waals surface area contributed by atoms with Crippen LogP contribution in [0, 0.1) is 11.8 Å². The Bertz CT molecular complexity index is 327. The van der Waals surface area contributed by atoms with E-state index in [1.54, 1.807) is 12.1 Å². The molecule has 0 spiro atoms. The molecule has 1 aliphatic rings. The molecule has 1 fully saturated rings. The summed E-state index contributed by atoms with van der Waals surface area (Å²) < 4.78 is 0. The molecular weight excluding hydrogens is 210 g/mol. The number of phenols is 1. The van der Waals surface area contributed by atoms with Crippen LogP contribution in [-0.4, -0.2) is 18.7 Å². The van der Waals surface area contributed by atoms with Gasteiger partial charge in [-0.1, -0.05) is 37.8 Å². The second-order valence-electron chi connectivity index (χ2n) is 5.23. The Kier molecular flexibility index (Phi) is 4.43. The van der Waals surface area contributed by atoms with Gasteiger partial charge in [-0.05, 0) is 49.5 Å². The smallest absolute Gasteiger partial charge is 0.115 e. The van der Waals surface area contributed by atoms with Crippen LogP contribution in [0.25, 0.3) is 0 Å². The van der Waals surface area contributed by atoms with Gasteiger partial charge in [-0.3, -0.25) is 0 Å². The average Bonchev–Trinajstić information content (AvgIpc) is 2.85. The lowest BCUT2D eigenvalue weighted by molar-refractivity contribution is 0.328. The molecule has 0 amide bonds. The van der Waals surface area contributed by atoms with Crippen molar-refractivity contribution in [3.05, 3.63) is 29.8 Å². The maximum absolute atomic E-state index is 9.29. The van der Waals surface area contributed by atoms with Crippen LogP contribution in [0.1, 0.15) is 31.2 Å². The minimum Gasteiger partial charge on any atom is -0.508 e. The Hall–Kier alpha value is -1.02. The van der Waals surface area contributed by atoms with E-state index in [0.29, 0.717) is 5.75 Å². The largest absolute Gasteiger partial charge is 0.508 e. The number of rotatable bonds is 5. The Balaban J connectivity index is 1.98. The Morgan fingerprint density at radius 2 is 1.88 bits per heavy atom. The van der Waals surface area contributed by atoms with Gasteiger partial charge in [-0.25, -0.2) is 0 Å². The number of aromatic hydroxyl groups is 1. The molecule has 94 valence electrons. The van der Waals surface area contributed by atoms with Crippen LogP contribution >= 0.6 is 0 Å². The molecule has 0 aliphatic heterocycles. The van der Waals surface area contributed by atoms with Crippen molar-refractivity contribution in [2.45, 2.75) is 32.1 Å². The minimum absolute atomic E-state index is 0.361. The number of phenolic OH excluding ortho intramolecular Hbond substituents is 1. The van der Waals surface area contributed by atoms with Crippen LogP contribution in [0.15, 0.2) is 24.3 Å². The highest BCUT2D eigenvalue weighted by molar-refractivity contribution is 5.26. The molecular formula is C15H23NO. The Morgan fingerprint density at radius 1 is 1.24 bits per heavy atom. The summed E-state index contributed by atoms with van der Waals surface area (Å²) in [4.78, 5) is 0. The molecule has 0 saturated heterocycles. The summed E-state index contributed by atoms with van der Waals surface area (Å²) in [5, 5.41) is 12.6. The van der Waals surface area contributed by atoms with Crippen molar-refractivity contribution in [2.75, 3.05) is 13.6 Å². The van der Waals surface area contributed by atoms with E-state index in [9.17, 15) is 5.11 Å². The standard InChI is InChI=1S/C15H23NO/c1-16-11-14(13-4-2-3-5-13)10-12-6-8-15(17)9-7-12/h6-9,13-14,16-17H,2-5,10-11H2,1H3. The average molecular weight is 233 g/mol.